The quantitative estimate of drug-likeness (QED) is 0.604. The molecule has 20 heavy (non-hydrogen) atoms. The van der Waals surface area contributed by atoms with Gasteiger partial charge in [0.2, 0.25) is 0 Å². The normalized spacial score (nSPS) is 11.1. The van der Waals surface area contributed by atoms with Crippen LogP contribution in [-0.4, -0.2) is 16.8 Å². The van der Waals surface area contributed by atoms with E-state index >= 15 is 0 Å². The molecule has 7 nitrogen and oxygen atoms in total. The van der Waals surface area contributed by atoms with Gasteiger partial charge >= 0.3 is 0 Å². The zero-order valence-electron chi connectivity index (χ0n) is 10.6. The fourth-order valence-corrected chi connectivity index (χ4v) is 2.02. The zero-order chi connectivity index (χ0) is 14.3. The van der Waals surface area contributed by atoms with Crippen molar-refractivity contribution in [3.05, 3.63) is 49.0 Å². The van der Waals surface area contributed by atoms with E-state index in [-0.39, 0.29) is 17.0 Å². The van der Waals surface area contributed by atoms with Gasteiger partial charge in [-0.3, -0.25) is 24.6 Å². The maximum Gasteiger partial charge on any atom is 0.272 e. The maximum absolute atomic E-state index is 11.5. The van der Waals surface area contributed by atoms with E-state index in [4.69, 9.17) is 4.74 Å². The lowest BCUT2D eigenvalue weighted by Crippen LogP contribution is -2.35. The molecule has 1 heterocycles. The number of aromatic amines is 2. The third-order valence-electron chi connectivity index (χ3n) is 3.00. The maximum atomic E-state index is 11.5. The summed E-state index contributed by atoms with van der Waals surface area (Å²) in [5.74, 6) is 0.0422. The van der Waals surface area contributed by atoms with Crippen molar-refractivity contribution in [1.29, 1.82) is 0 Å². The van der Waals surface area contributed by atoms with E-state index in [0.717, 1.165) is 0 Å². The highest BCUT2D eigenvalue weighted by Crippen LogP contribution is 2.24. The Labute approximate surface area is 111 Å². The summed E-state index contributed by atoms with van der Waals surface area (Å²) in [6.07, 6.45) is 0. The van der Waals surface area contributed by atoms with Crippen LogP contribution in [0.15, 0.2) is 32.6 Å². The van der Waals surface area contributed by atoms with E-state index < -0.39 is 10.9 Å². The number of H-pyrrole nitrogens is 2. The third kappa shape index (κ3) is 1.71. The van der Waals surface area contributed by atoms with Crippen molar-refractivity contribution < 1.29 is 4.74 Å². The largest absolute Gasteiger partial charge is 0.488 e. The van der Waals surface area contributed by atoms with E-state index in [2.05, 4.69) is 15.5 Å². The number of hydrogen-bond acceptors (Lipinski definition) is 5. The summed E-state index contributed by atoms with van der Waals surface area (Å²) in [5.41, 5.74) is -0.167. The summed E-state index contributed by atoms with van der Waals surface area (Å²) in [6.45, 7) is 2.03. The topological polar surface area (TPSA) is 104 Å². The summed E-state index contributed by atoms with van der Waals surface area (Å²) in [6, 6.07) is 4.98. The van der Waals surface area contributed by atoms with Gasteiger partial charge in [-0.2, -0.15) is 0 Å². The summed E-state index contributed by atoms with van der Waals surface area (Å²) < 4.78 is 5.11. The molecule has 1 aromatic heterocycles. The first-order valence-corrected chi connectivity index (χ1v) is 6.05. The van der Waals surface area contributed by atoms with Crippen molar-refractivity contribution in [2.45, 2.75) is 6.92 Å². The van der Waals surface area contributed by atoms with Gasteiger partial charge in [0, 0.05) is 5.69 Å². The predicted molar refractivity (Wildman–Crippen MR) is 74.7 cm³/mol. The molecular weight excluding hydrogens is 262 g/mol. The molecule has 0 aliphatic carbocycles. The van der Waals surface area contributed by atoms with Crippen LogP contribution in [0, 0.1) is 0 Å². The van der Waals surface area contributed by atoms with Crippen LogP contribution in [-0.2, 0) is 0 Å². The van der Waals surface area contributed by atoms with Gasteiger partial charge in [0.05, 0.1) is 17.5 Å². The molecule has 0 spiro atoms. The fourth-order valence-electron chi connectivity index (χ4n) is 2.02. The van der Waals surface area contributed by atoms with Crippen molar-refractivity contribution in [3.8, 4) is 5.75 Å². The Bertz CT molecular complexity index is 912. The van der Waals surface area contributed by atoms with E-state index in [0.29, 0.717) is 23.2 Å². The van der Waals surface area contributed by atoms with Crippen LogP contribution in [0.1, 0.15) is 6.92 Å². The van der Waals surface area contributed by atoms with Crippen LogP contribution in [0.25, 0.3) is 10.9 Å². The molecule has 0 atom stereocenters. The van der Waals surface area contributed by atoms with E-state index in [1.165, 1.54) is 0 Å². The van der Waals surface area contributed by atoms with Gasteiger partial charge in [-0.15, -0.1) is 0 Å². The lowest BCUT2D eigenvalue weighted by Gasteiger charge is -2.12. The third-order valence-corrected chi connectivity index (χ3v) is 3.00. The highest BCUT2D eigenvalue weighted by molar-refractivity contribution is 5.83. The summed E-state index contributed by atoms with van der Waals surface area (Å²) in [5, 5.41) is 8.47. The Morgan fingerprint density at radius 3 is 2.70 bits per heavy atom. The molecule has 0 saturated heterocycles. The van der Waals surface area contributed by atoms with Gasteiger partial charge in [-0.1, -0.05) is 0 Å². The van der Waals surface area contributed by atoms with E-state index in [1.807, 2.05) is 0 Å². The number of hydrogen-bond donors (Lipinski definition) is 3. The second-order valence-electron chi connectivity index (χ2n) is 4.26. The van der Waals surface area contributed by atoms with Crippen LogP contribution in [0.5, 0.6) is 5.75 Å². The van der Waals surface area contributed by atoms with Gasteiger partial charge in [0.25, 0.3) is 16.4 Å². The van der Waals surface area contributed by atoms with Gasteiger partial charge in [-0.25, -0.2) is 0 Å². The van der Waals surface area contributed by atoms with E-state index in [1.54, 1.807) is 25.1 Å². The Balaban J connectivity index is 1.99. The molecule has 0 saturated carbocycles. The van der Waals surface area contributed by atoms with Crippen molar-refractivity contribution in [3.63, 3.8) is 0 Å². The lowest BCUT2D eigenvalue weighted by atomic mass is 10.2. The minimum absolute atomic E-state index is 0.0422. The molecule has 2 aromatic carbocycles. The summed E-state index contributed by atoms with van der Waals surface area (Å²) in [7, 11) is 0. The molecule has 7 heteroatoms. The van der Waals surface area contributed by atoms with Gasteiger partial charge < -0.3 is 10.1 Å². The average Bonchev–Trinajstić information content (AvgIpc) is 2.83. The molecule has 3 N–H and O–H groups in total. The SMILES string of the molecule is CCOc1c(Nc2ccc3[nH][nH]c(=O)c3c2)c(=O)c1=O. The van der Waals surface area contributed by atoms with Crippen LogP contribution in [0.4, 0.5) is 11.4 Å². The second kappa shape index (κ2) is 4.37. The second-order valence-corrected chi connectivity index (χ2v) is 4.26. The number of rotatable bonds is 4. The summed E-state index contributed by atoms with van der Waals surface area (Å²) >= 11 is 0. The molecule has 0 unspecified atom stereocenters. The molecule has 0 aliphatic heterocycles. The highest BCUT2D eigenvalue weighted by Gasteiger charge is 2.22. The molecule has 0 bridgehead atoms. The fraction of sp³-hybridized carbons (Fsp3) is 0.154. The van der Waals surface area contributed by atoms with Gasteiger partial charge in [0.15, 0.2) is 5.75 Å². The van der Waals surface area contributed by atoms with E-state index in [9.17, 15) is 14.4 Å². The number of benzene rings is 1. The number of fused-ring (bicyclic) bond motifs is 1. The smallest absolute Gasteiger partial charge is 0.272 e. The molecule has 3 aromatic rings. The van der Waals surface area contributed by atoms with Crippen LogP contribution < -0.4 is 26.5 Å². The lowest BCUT2D eigenvalue weighted by molar-refractivity contribution is 0.335. The Morgan fingerprint density at radius 1 is 1.15 bits per heavy atom. The van der Waals surface area contributed by atoms with Crippen LogP contribution in [0.2, 0.25) is 0 Å². The first kappa shape index (κ1) is 12.2. The van der Waals surface area contributed by atoms with Crippen molar-refractivity contribution in [2.75, 3.05) is 11.9 Å². The standard InChI is InChI=1S/C13H11N3O4/c1-2-20-12-9(10(17)11(12)18)14-6-3-4-8-7(5-6)13(19)16-15-8/h3-5,14H,2H2,1H3,(H2,15,16,19). The number of ether oxygens (including phenoxy) is 1. The first-order valence-electron chi connectivity index (χ1n) is 6.05. The average molecular weight is 273 g/mol. The van der Waals surface area contributed by atoms with Crippen LogP contribution >= 0.6 is 0 Å². The first-order chi connectivity index (χ1) is 9.61. The minimum Gasteiger partial charge on any atom is -0.488 e. The molecule has 0 aliphatic rings. The van der Waals surface area contributed by atoms with Crippen molar-refractivity contribution in [1.82, 2.24) is 10.2 Å². The molecular formula is C13H11N3O4. The molecule has 0 amide bonds. The molecule has 3 rings (SSSR count). The predicted octanol–water partition coefficient (Wildman–Crippen LogP) is 0.595. The highest BCUT2D eigenvalue weighted by atomic mass is 16.5. The minimum atomic E-state index is -0.630. The monoisotopic (exact) mass is 273 g/mol. The van der Waals surface area contributed by atoms with Crippen LogP contribution in [0.3, 0.4) is 0 Å². The van der Waals surface area contributed by atoms with Crippen molar-refractivity contribution in [2.24, 2.45) is 0 Å². The Hall–Kier alpha value is -2.83. The number of anilines is 2. The molecule has 0 fully saturated rings. The van der Waals surface area contributed by atoms with Gasteiger partial charge in [0.1, 0.15) is 5.69 Å². The van der Waals surface area contributed by atoms with Crippen molar-refractivity contribution >= 4 is 22.3 Å². The summed E-state index contributed by atoms with van der Waals surface area (Å²) in [4.78, 5) is 34.4. The molecule has 102 valence electrons. The van der Waals surface area contributed by atoms with Gasteiger partial charge in [-0.05, 0) is 25.1 Å². The number of aromatic nitrogens is 2. The Morgan fingerprint density at radius 2 is 1.95 bits per heavy atom. The number of nitrogens with one attached hydrogen (secondary N) is 3. The zero-order valence-corrected chi connectivity index (χ0v) is 10.6. The molecule has 0 radical (unpaired) electrons. The Kier molecular flexibility index (Phi) is 2.67.